The zero-order chi connectivity index (χ0) is 16.3. The maximum absolute atomic E-state index is 12.4. The van der Waals surface area contributed by atoms with Crippen LogP contribution >= 0.6 is 24.8 Å². The third-order valence-corrected chi connectivity index (χ3v) is 4.20. The Hall–Kier alpha value is -1.01. The Bertz CT molecular complexity index is 527. The van der Waals surface area contributed by atoms with Gasteiger partial charge in [0, 0.05) is 32.7 Å². The van der Waals surface area contributed by atoms with Crippen LogP contribution in [0.4, 0.5) is 0 Å². The van der Waals surface area contributed by atoms with Gasteiger partial charge in [0.2, 0.25) is 5.91 Å². The van der Waals surface area contributed by atoms with Gasteiger partial charge in [-0.15, -0.1) is 24.8 Å². The second-order valence-electron chi connectivity index (χ2n) is 7.12. The van der Waals surface area contributed by atoms with E-state index in [9.17, 15) is 9.90 Å². The van der Waals surface area contributed by atoms with Gasteiger partial charge >= 0.3 is 0 Å². The lowest BCUT2D eigenvalue weighted by atomic mass is 9.86. The van der Waals surface area contributed by atoms with Crippen molar-refractivity contribution in [3.05, 3.63) is 29.8 Å². The average molecular weight is 378 g/mol. The van der Waals surface area contributed by atoms with E-state index in [1.165, 1.54) is 0 Å². The second-order valence-corrected chi connectivity index (χ2v) is 7.12. The average Bonchev–Trinajstić information content (AvgIpc) is 2.45. The Morgan fingerprint density at radius 3 is 2.29 bits per heavy atom. The number of piperazine rings is 1. The maximum Gasteiger partial charge on any atom is 0.240 e. The van der Waals surface area contributed by atoms with Gasteiger partial charge in [0.05, 0.1) is 6.04 Å². The van der Waals surface area contributed by atoms with Gasteiger partial charge in [-0.25, -0.2) is 0 Å². The number of nitrogens with zero attached hydrogens (tertiary/aromatic N) is 2. The predicted molar refractivity (Wildman–Crippen MR) is 102 cm³/mol. The highest BCUT2D eigenvalue weighted by Gasteiger charge is 2.32. The number of carbonyl (C=O) groups excluding carboxylic acids is 1. The number of hydrogen-bond donors (Lipinski definition) is 2. The van der Waals surface area contributed by atoms with Crippen molar-refractivity contribution in [3.8, 4) is 5.75 Å². The predicted octanol–water partition coefficient (Wildman–Crippen LogP) is 2.25. The van der Waals surface area contributed by atoms with Crippen LogP contribution in [0.2, 0.25) is 0 Å². The highest BCUT2D eigenvalue weighted by molar-refractivity contribution is 5.85. The molecular weight excluding hydrogens is 349 g/mol. The van der Waals surface area contributed by atoms with Crippen molar-refractivity contribution in [3.63, 3.8) is 0 Å². The number of amides is 1. The largest absolute Gasteiger partial charge is 0.508 e. The van der Waals surface area contributed by atoms with Crippen molar-refractivity contribution >= 4 is 30.7 Å². The van der Waals surface area contributed by atoms with E-state index in [2.05, 4.69) is 4.90 Å². The summed E-state index contributed by atoms with van der Waals surface area (Å²) >= 11 is 0. The van der Waals surface area contributed by atoms with E-state index >= 15 is 0 Å². The molecule has 0 bridgehead atoms. The van der Waals surface area contributed by atoms with Gasteiger partial charge in [0.25, 0.3) is 0 Å². The molecule has 1 heterocycles. The molecule has 1 amide bonds. The molecule has 1 atom stereocenters. The van der Waals surface area contributed by atoms with Gasteiger partial charge in [0.15, 0.2) is 0 Å². The number of carbonyl (C=O) groups is 1. The minimum Gasteiger partial charge on any atom is -0.508 e. The van der Waals surface area contributed by atoms with E-state index in [4.69, 9.17) is 5.73 Å². The quantitative estimate of drug-likeness (QED) is 0.847. The molecule has 0 aliphatic carbocycles. The summed E-state index contributed by atoms with van der Waals surface area (Å²) in [4.78, 5) is 16.6. The van der Waals surface area contributed by atoms with Gasteiger partial charge in [-0.05, 0) is 23.1 Å². The Kier molecular flexibility index (Phi) is 9.07. The zero-order valence-corrected chi connectivity index (χ0v) is 16.2. The number of phenols is 1. The van der Waals surface area contributed by atoms with Crippen molar-refractivity contribution in [2.45, 2.75) is 33.4 Å². The molecular formula is C17H29Cl2N3O2. The van der Waals surface area contributed by atoms with Crippen LogP contribution in [0.5, 0.6) is 5.75 Å². The molecule has 0 unspecified atom stereocenters. The molecule has 1 aromatic rings. The molecule has 1 aliphatic rings. The highest BCUT2D eigenvalue weighted by atomic mass is 35.5. The molecule has 138 valence electrons. The molecule has 0 aromatic heterocycles. The molecule has 1 saturated heterocycles. The number of aromatic hydroxyl groups is 1. The lowest BCUT2D eigenvalue weighted by Gasteiger charge is -2.38. The number of hydrogen-bond acceptors (Lipinski definition) is 4. The van der Waals surface area contributed by atoms with Crippen LogP contribution in [0, 0.1) is 5.41 Å². The Morgan fingerprint density at radius 2 is 1.79 bits per heavy atom. The lowest BCUT2D eigenvalue weighted by molar-refractivity contribution is -0.136. The Labute approximate surface area is 157 Å². The molecule has 24 heavy (non-hydrogen) atoms. The summed E-state index contributed by atoms with van der Waals surface area (Å²) in [6, 6.07) is 6.87. The third kappa shape index (κ3) is 6.13. The van der Waals surface area contributed by atoms with E-state index in [1.54, 1.807) is 12.1 Å². The van der Waals surface area contributed by atoms with E-state index < -0.39 is 6.04 Å². The monoisotopic (exact) mass is 377 g/mol. The van der Waals surface area contributed by atoms with Crippen molar-refractivity contribution in [2.24, 2.45) is 11.1 Å². The standard InChI is InChI=1S/C17H27N3O2.2ClH/c1-17(2,3)15(18)16(22)20-9-7-19(8-10-20)12-13-5-4-6-14(21)11-13;;/h4-6,11,15,21H,7-10,12,18H2,1-3H3;2*1H/t15-;;/m1../s1. The summed E-state index contributed by atoms with van der Waals surface area (Å²) in [5.41, 5.74) is 6.94. The molecule has 0 saturated carbocycles. The molecule has 5 nitrogen and oxygen atoms in total. The minimum atomic E-state index is -0.454. The van der Waals surface area contributed by atoms with E-state index in [0.717, 1.165) is 25.2 Å². The molecule has 0 radical (unpaired) electrons. The smallest absolute Gasteiger partial charge is 0.240 e. The Morgan fingerprint density at radius 1 is 1.21 bits per heavy atom. The first-order chi connectivity index (χ1) is 10.3. The zero-order valence-electron chi connectivity index (χ0n) is 14.6. The topological polar surface area (TPSA) is 69.8 Å². The maximum atomic E-state index is 12.4. The fourth-order valence-electron chi connectivity index (χ4n) is 2.61. The molecule has 2 rings (SSSR count). The van der Waals surface area contributed by atoms with Gasteiger partial charge in [-0.2, -0.15) is 0 Å². The van der Waals surface area contributed by atoms with Crippen LogP contribution in [-0.2, 0) is 11.3 Å². The van der Waals surface area contributed by atoms with Crippen molar-refractivity contribution in [2.75, 3.05) is 26.2 Å². The van der Waals surface area contributed by atoms with Gasteiger partial charge in [0.1, 0.15) is 5.75 Å². The highest BCUT2D eigenvalue weighted by Crippen LogP contribution is 2.20. The molecule has 7 heteroatoms. The number of halogens is 2. The summed E-state index contributed by atoms with van der Waals surface area (Å²) in [5, 5.41) is 9.51. The van der Waals surface area contributed by atoms with Crippen LogP contribution in [0.1, 0.15) is 26.3 Å². The van der Waals surface area contributed by atoms with Gasteiger partial charge in [-0.3, -0.25) is 9.69 Å². The number of rotatable bonds is 3. The fraction of sp³-hybridized carbons (Fsp3) is 0.588. The normalized spacial score (nSPS) is 16.8. The minimum absolute atomic E-state index is 0. The molecule has 0 spiro atoms. The Balaban J connectivity index is 0.00000264. The summed E-state index contributed by atoms with van der Waals surface area (Å²) in [6.07, 6.45) is 0. The molecule has 1 aromatic carbocycles. The summed E-state index contributed by atoms with van der Waals surface area (Å²) in [7, 11) is 0. The van der Waals surface area contributed by atoms with E-state index in [0.29, 0.717) is 18.8 Å². The SMILES string of the molecule is CC(C)(C)[C@H](N)C(=O)N1CCN(Cc2cccc(O)c2)CC1.Cl.Cl. The summed E-state index contributed by atoms with van der Waals surface area (Å²) in [6.45, 7) is 9.86. The number of phenolic OH excluding ortho intramolecular Hbond substituents is 1. The van der Waals surface area contributed by atoms with Crippen LogP contribution < -0.4 is 5.73 Å². The van der Waals surface area contributed by atoms with E-state index in [1.807, 2.05) is 37.8 Å². The number of benzene rings is 1. The van der Waals surface area contributed by atoms with Crippen LogP contribution in [0.15, 0.2) is 24.3 Å². The van der Waals surface area contributed by atoms with Gasteiger partial charge in [-0.1, -0.05) is 32.9 Å². The van der Waals surface area contributed by atoms with Crippen LogP contribution in [0.3, 0.4) is 0 Å². The van der Waals surface area contributed by atoms with Crippen molar-refractivity contribution < 1.29 is 9.90 Å². The lowest BCUT2D eigenvalue weighted by Crippen LogP contribution is -2.56. The number of nitrogens with two attached hydrogens (primary N) is 1. The van der Waals surface area contributed by atoms with Crippen molar-refractivity contribution in [1.82, 2.24) is 9.80 Å². The first kappa shape index (κ1) is 23.0. The summed E-state index contributed by atoms with van der Waals surface area (Å²) < 4.78 is 0. The van der Waals surface area contributed by atoms with Gasteiger partial charge < -0.3 is 15.7 Å². The molecule has 1 aliphatic heterocycles. The second kappa shape index (κ2) is 9.47. The van der Waals surface area contributed by atoms with Crippen LogP contribution in [0.25, 0.3) is 0 Å². The third-order valence-electron chi connectivity index (χ3n) is 4.20. The fourth-order valence-corrected chi connectivity index (χ4v) is 2.61. The van der Waals surface area contributed by atoms with Crippen molar-refractivity contribution in [1.29, 1.82) is 0 Å². The van der Waals surface area contributed by atoms with E-state index in [-0.39, 0.29) is 36.1 Å². The first-order valence-electron chi connectivity index (χ1n) is 7.82. The first-order valence-corrected chi connectivity index (χ1v) is 7.82. The van der Waals surface area contributed by atoms with Crippen LogP contribution in [-0.4, -0.2) is 53.0 Å². The summed E-state index contributed by atoms with van der Waals surface area (Å²) in [5.74, 6) is 0.340. The molecule has 3 N–H and O–H groups in total. The molecule has 1 fully saturated rings.